The summed E-state index contributed by atoms with van der Waals surface area (Å²) in [6.45, 7) is 0.366. The van der Waals surface area contributed by atoms with E-state index in [2.05, 4.69) is 4.98 Å². The van der Waals surface area contributed by atoms with Gasteiger partial charge in [-0.25, -0.2) is 9.78 Å². The van der Waals surface area contributed by atoms with Crippen molar-refractivity contribution in [1.29, 1.82) is 0 Å². The molecular formula is C18H14N2O5. The Morgan fingerprint density at radius 3 is 2.92 bits per heavy atom. The maximum atomic E-state index is 12.8. The minimum Gasteiger partial charge on any atom is -0.508 e. The van der Waals surface area contributed by atoms with Gasteiger partial charge in [0, 0.05) is 16.9 Å². The van der Waals surface area contributed by atoms with E-state index in [-0.39, 0.29) is 18.3 Å². The normalized spacial score (nSPS) is 27.5. The minimum absolute atomic E-state index is 0.0146. The van der Waals surface area contributed by atoms with Gasteiger partial charge in [-0.1, -0.05) is 6.08 Å². The highest BCUT2D eigenvalue weighted by atomic mass is 16.5. The average molecular weight is 338 g/mol. The molecule has 0 aliphatic carbocycles. The van der Waals surface area contributed by atoms with Crippen LogP contribution in [-0.4, -0.2) is 44.7 Å². The Labute approximate surface area is 142 Å². The highest BCUT2D eigenvalue weighted by Gasteiger charge is 2.49. The lowest BCUT2D eigenvalue weighted by Gasteiger charge is -2.38. The molecule has 1 saturated heterocycles. The Balaban J connectivity index is 1.66. The van der Waals surface area contributed by atoms with Gasteiger partial charge >= 0.3 is 5.97 Å². The number of carbonyl (C=O) groups excluding carboxylic acids is 2. The molecule has 0 radical (unpaired) electrons. The van der Waals surface area contributed by atoms with Crippen LogP contribution in [0.25, 0.3) is 16.6 Å². The van der Waals surface area contributed by atoms with Gasteiger partial charge in [0.15, 0.2) is 6.10 Å². The van der Waals surface area contributed by atoms with Crippen LogP contribution in [0.5, 0.6) is 5.75 Å². The van der Waals surface area contributed by atoms with Gasteiger partial charge in [-0.15, -0.1) is 0 Å². The van der Waals surface area contributed by atoms with Gasteiger partial charge in [0.1, 0.15) is 12.4 Å². The topological polar surface area (TPSA) is 100.0 Å². The first-order valence-corrected chi connectivity index (χ1v) is 8.04. The molecule has 4 heterocycles. The Bertz CT molecular complexity index is 983. The zero-order valence-electron chi connectivity index (χ0n) is 13.0. The second-order valence-electron chi connectivity index (χ2n) is 6.61. The third-order valence-corrected chi connectivity index (χ3v) is 5.15. The van der Waals surface area contributed by atoms with Gasteiger partial charge in [-0.05, 0) is 24.3 Å². The third-order valence-electron chi connectivity index (χ3n) is 5.15. The van der Waals surface area contributed by atoms with Crippen LogP contribution < -0.4 is 0 Å². The lowest BCUT2D eigenvalue weighted by atomic mass is 9.81. The monoisotopic (exact) mass is 338 g/mol. The largest absolute Gasteiger partial charge is 0.508 e. The first-order valence-electron chi connectivity index (χ1n) is 8.04. The number of fused-ring (bicyclic) bond motifs is 5. The Morgan fingerprint density at radius 1 is 1.24 bits per heavy atom. The summed E-state index contributed by atoms with van der Waals surface area (Å²) in [6, 6.07) is 6.82. The number of ether oxygens (including phenoxy) is 1. The number of nitrogens with zero attached hydrogens (tertiary/aromatic N) is 2. The number of aliphatic hydroxyl groups is 1. The predicted molar refractivity (Wildman–Crippen MR) is 85.9 cm³/mol. The molecule has 1 aromatic carbocycles. The fraction of sp³-hybridized carbons (Fsp3) is 0.278. The molecule has 126 valence electrons. The number of esters is 1. The summed E-state index contributed by atoms with van der Waals surface area (Å²) >= 11 is 0. The van der Waals surface area contributed by atoms with E-state index in [1.165, 1.54) is 0 Å². The quantitative estimate of drug-likeness (QED) is 0.689. The third kappa shape index (κ3) is 1.93. The Kier molecular flexibility index (Phi) is 2.77. The zero-order chi connectivity index (χ0) is 17.3. The predicted octanol–water partition coefficient (Wildman–Crippen LogP) is 0.787. The van der Waals surface area contributed by atoms with Crippen LogP contribution in [0.1, 0.15) is 11.3 Å². The molecule has 3 atom stereocenters. The molecule has 7 heteroatoms. The number of carbonyl (C=O) groups is 2. The molecule has 1 amide bonds. The Morgan fingerprint density at radius 2 is 2.08 bits per heavy atom. The number of aromatic hydroxyl groups is 1. The number of hydrogen-bond acceptors (Lipinski definition) is 6. The van der Waals surface area contributed by atoms with Crippen molar-refractivity contribution >= 4 is 28.5 Å². The fourth-order valence-electron chi connectivity index (χ4n) is 3.87. The molecule has 5 rings (SSSR count). The molecular weight excluding hydrogens is 324 g/mol. The van der Waals surface area contributed by atoms with Crippen LogP contribution in [0.3, 0.4) is 0 Å². The van der Waals surface area contributed by atoms with E-state index in [9.17, 15) is 19.8 Å². The maximum absolute atomic E-state index is 12.8. The summed E-state index contributed by atoms with van der Waals surface area (Å²) in [5.74, 6) is -1.86. The summed E-state index contributed by atoms with van der Waals surface area (Å²) in [7, 11) is 0. The molecule has 3 aliphatic heterocycles. The second kappa shape index (κ2) is 4.80. The zero-order valence-corrected chi connectivity index (χ0v) is 13.0. The molecule has 2 aromatic rings. The van der Waals surface area contributed by atoms with Crippen molar-refractivity contribution < 1.29 is 24.5 Å². The van der Waals surface area contributed by atoms with Gasteiger partial charge in [-0.3, -0.25) is 4.79 Å². The SMILES string of the molecule is O=C1OCC2C(=O)N3Cc4cc5cc(O)ccc5nc4C3=CC2[C@@H]1O. The summed E-state index contributed by atoms with van der Waals surface area (Å²) in [6.07, 6.45) is 0.432. The number of amides is 1. The van der Waals surface area contributed by atoms with E-state index >= 15 is 0 Å². The molecule has 0 spiro atoms. The van der Waals surface area contributed by atoms with Gasteiger partial charge in [-0.2, -0.15) is 0 Å². The molecule has 2 N–H and O–H groups in total. The van der Waals surface area contributed by atoms with E-state index < -0.39 is 23.9 Å². The van der Waals surface area contributed by atoms with Gasteiger partial charge < -0.3 is 19.8 Å². The number of aromatic nitrogens is 1. The standard InChI is InChI=1S/C18H14N2O5/c21-10-1-2-13-8(4-10)3-9-6-20-14(15(9)19-13)5-11-12(17(20)23)7-25-18(24)16(11)22/h1-5,11-12,16,21-22H,6-7H2/t11?,12?,16-/m0/s1. The molecule has 1 aromatic heterocycles. The van der Waals surface area contributed by atoms with E-state index in [1.54, 1.807) is 29.2 Å². The molecule has 0 saturated carbocycles. The van der Waals surface area contributed by atoms with Crippen LogP contribution in [0.2, 0.25) is 0 Å². The molecule has 2 unspecified atom stereocenters. The van der Waals surface area contributed by atoms with Crippen LogP contribution in [-0.2, 0) is 20.9 Å². The van der Waals surface area contributed by atoms with Crippen molar-refractivity contribution in [1.82, 2.24) is 9.88 Å². The number of rotatable bonds is 0. The minimum atomic E-state index is -1.33. The lowest BCUT2D eigenvalue weighted by Crippen LogP contribution is -2.51. The summed E-state index contributed by atoms with van der Waals surface area (Å²) in [4.78, 5) is 30.7. The van der Waals surface area contributed by atoms with Gasteiger partial charge in [0.2, 0.25) is 5.91 Å². The van der Waals surface area contributed by atoms with Crippen molar-refractivity contribution in [2.75, 3.05) is 6.61 Å². The number of pyridine rings is 1. The molecule has 3 aliphatic rings. The van der Waals surface area contributed by atoms with Crippen LogP contribution in [0.15, 0.2) is 30.3 Å². The van der Waals surface area contributed by atoms with E-state index in [4.69, 9.17) is 4.74 Å². The number of hydrogen-bond donors (Lipinski definition) is 2. The average Bonchev–Trinajstić information content (AvgIpc) is 2.95. The van der Waals surface area contributed by atoms with Gasteiger partial charge in [0.25, 0.3) is 0 Å². The second-order valence-corrected chi connectivity index (χ2v) is 6.61. The molecule has 7 nitrogen and oxygen atoms in total. The van der Waals surface area contributed by atoms with Crippen LogP contribution in [0, 0.1) is 11.8 Å². The molecule has 1 fully saturated rings. The van der Waals surface area contributed by atoms with E-state index in [0.29, 0.717) is 23.5 Å². The van der Waals surface area contributed by atoms with E-state index in [1.807, 2.05) is 6.07 Å². The number of phenols is 1. The smallest absolute Gasteiger partial charge is 0.335 e. The van der Waals surface area contributed by atoms with Crippen molar-refractivity contribution in [3.63, 3.8) is 0 Å². The van der Waals surface area contributed by atoms with Crippen molar-refractivity contribution in [3.05, 3.63) is 41.6 Å². The maximum Gasteiger partial charge on any atom is 0.335 e. The first kappa shape index (κ1) is 14.4. The van der Waals surface area contributed by atoms with Gasteiger partial charge in [0.05, 0.1) is 29.4 Å². The van der Waals surface area contributed by atoms with E-state index in [0.717, 1.165) is 10.9 Å². The van der Waals surface area contributed by atoms with Crippen LogP contribution >= 0.6 is 0 Å². The summed E-state index contributed by atoms with van der Waals surface area (Å²) in [5, 5.41) is 20.6. The summed E-state index contributed by atoms with van der Waals surface area (Å²) in [5.41, 5.74) is 2.89. The highest BCUT2D eigenvalue weighted by Crippen LogP contribution is 2.42. The number of aliphatic hydroxyl groups excluding tert-OH is 1. The van der Waals surface area contributed by atoms with Crippen molar-refractivity contribution in [3.8, 4) is 5.75 Å². The van der Waals surface area contributed by atoms with Crippen LogP contribution in [0.4, 0.5) is 0 Å². The number of benzene rings is 1. The van der Waals surface area contributed by atoms with Crippen molar-refractivity contribution in [2.24, 2.45) is 11.8 Å². The first-order chi connectivity index (χ1) is 12.0. The molecule has 0 bridgehead atoms. The fourth-order valence-corrected chi connectivity index (χ4v) is 3.87. The molecule has 25 heavy (non-hydrogen) atoms. The van der Waals surface area contributed by atoms with Crippen molar-refractivity contribution in [2.45, 2.75) is 12.6 Å². The lowest BCUT2D eigenvalue weighted by molar-refractivity contribution is -0.171. The number of phenolic OH excluding ortho intramolecular Hbond substituents is 1. The Hall–Kier alpha value is -2.93. The highest BCUT2D eigenvalue weighted by molar-refractivity contribution is 5.96. The summed E-state index contributed by atoms with van der Waals surface area (Å²) < 4.78 is 4.92. The number of cyclic esters (lactones) is 1.